The van der Waals surface area contributed by atoms with E-state index in [0.29, 0.717) is 5.56 Å². The fraction of sp³-hybridized carbons (Fsp3) is 0.0500. The number of benzene rings is 2. The molecule has 0 fully saturated rings. The van der Waals surface area contributed by atoms with Gasteiger partial charge in [-0.25, -0.2) is 10.2 Å². The lowest BCUT2D eigenvalue weighted by Gasteiger charge is -2.05. The Hall–Kier alpha value is -5.07. The Morgan fingerprint density at radius 1 is 1.00 bits per heavy atom. The molecule has 13 heteroatoms. The van der Waals surface area contributed by atoms with Crippen LogP contribution < -0.4 is 14.9 Å². The highest BCUT2D eigenvalue weighted by molar-refractivity contribution is 5.88. The van der Waals surface area contributed by atoms with E-state index in [1.807, 2.05) is 0 Å². The molecule has 2 aromatic carbocycles. The summed E-state index contributed by atoms with van der Waals surface area (Å²) in [5, 5.41) is 25.3. The summed E-state index contributed by atoms with van der Waals surface area (Å²) >= 11 is 0. The summed E-state index contributed by atoms with van der Waals surface area (Å²) in [6.45, 7) is -0.484. The molecule has 0 aliphatic rings. The van der Waals surface area contributed by atoms with Gasteiger partial charge in [0.15, 0.2) is 12.4 Å². The third-order valence-corrected chi connectivity index (χ3v) is 3.89. The Bertz CT molecular complexity index is 1220. The van der Waals surface area contributed by atoms with Crippen LogP contribution in [0.15, 0.2) is 70.2 Å². The molecule has 0 unspecified atom stereocenters. The number of esters is 1. The van der Waals surface area contributed by atoms with Gasteiger partial charge in [-0.3, -0.25) is 25.0 Å². The molecule has 0 saturated heterocycles. The van der Waals surface area contributed by atoms with E-state index in [1.165, 1.54) is 54.7 Å². The molecule has 1 aromatic heterocycles. The number of hydrogen-bond donors (Lipinski definition) is 1. The van der Waals surface area contributed by atoms with Gasteiger partial charge in [0.1, 0.15) is 10.7 Å². The molecule has 1 amide bonds. The van der Waals surface area contributed by atoms with Crippen LogP contribution in [-0.2, 0) is 4.79 Å². The number of nitro groups is 2. The quantitative estimate of drug-likeness (QED) is 0.167. The van der Waals surface area contributed by atoms with Gasteiger partial charge >= 0.3 is 17.5 Å². The number of ether oxygens (including phenoxy) is 2. The van der Waals surface area contributed by atoms with Crippen molar-refractivity contribution in [2.75, 3.05) is 6.61 Å². The van der Waals surface area contributed by atoms with Crippen molar-refractivity contribution in [1.29, 1.82) is 0 Å². The molecule has 0 atom stereocenters. The highest BCUT2D eigenvalue weighted by Crippen LogP contribution is 2.25. The maximum atomic E-state index is 11.9. The Morgan fingerprint density at radius 3 is 2.39 bits per heavy atom. The van der Waals surface area contributed by atoms with Crippen molar-refractivity contribution in [2.45, 2.75) is 0 Å². The summed E-state index contributed by atoms with van der Waals surface area (Å²) in [4.78, 5) is 43.9. The molecule has 1 heterocycles. The topological polar surface area (TPSA) is 176 Å². The Kier molecular flexibility index (Phi) is 7.06. The minimum absolute atomic E-state index is 0.0454. The number of nitrogens with one attached hydrogen (secondary N) is 1. The SMILES string of the molecule is O=C(COc1ccccc1[N+](=O)[O-])NN=Cc1ccc(OC(=O)c2ccc([N+](=O)[O-])o2)cc1. The van der Waals surface area contributed by atoms with E-state index in [0.717, 1.165) is 12.1 Å². The molecule has 168 valence electrons. The van der Waals surface area contributed by atoms with Gasteiger partial charge in [-0.2, -0.15) is 5.10 Å². The highest BCUT2D eigenvalue weighted by Gasteiger charge is 2.19. The van der Waals surface area contributed by atoms with Crippen LogP contribution >= 0.6 is 0 Å². The van der Waals surface area contributed by atoms with E-state index in [9.17, 15) is 29.8 Å². The molecule has 1 N–H and O–H groups in total. The van der Waals surface area contributed by atoms with Crippen LogP contribution in [0, 0.1) is 20.2 Å². The van der Waals surface area contributed by atoms with Crippen molar-refractivity contribution in [1.82, 2.24) is 5.43 Å². The summed E-state index contributed by atoms with van der Waals surface area (Å²) in [5.74, 6) is -2.34. The minimum atomic E-state index is -0.907. The van der Waals surface area contributed by atoms with Crippen LogP contribution in [0.2, 0.25) is 0 Å². The third-order valence-electron chi connectivity index (χ3n) is 3.89. The number of hydrazone groups is 1. The molecule has 3 aromatic rings. The van der Waals surface area contributed by atoms with Crippen LogP contribution in [0.3, 0.4) is 0 Å². The van der Waals surface area contributed by atoms with E-state index in [4.69, 9.17) is 13.9 Å². The Labute approximate surface area is 184 Å². The van der Waals surface area contributed by atoms with Crippen molar-refractivity contribution in [3.63, 3.8) is 0 Å². The second-order valence-corrected chi connectivity index (χ2v) is 6.16. The summed E-state index contributed by atoms with van der Waals surface area (Å²) in [7, 11) is 0. The zero-order valence-corrected chi connectivity index (χ0v) is 16.6. The summed E-state index contributed by atoms with van der Waals surface area (Å²) < 4.78 is 15.0. The molecule has 33 heavy (non-hydrogen) atoms. The van der Waals surface area contributed by atoms with Crippen molar-refractivity contribution < 1.29 is 33.3 Å². The molecule has 0 saturated carbocycles. The molecule has 0 aliphatic carbocycles. The van der Waals surface area contributed by atoms with Gasteiger partial charge in [0, 0.05) is 6.07 Å². The number of furan rings is 1. The molecule has 0 aliphatic heterocycles. The zero-order chi connectivity index (χ0) is 23.8. The van der Waals surface area contributed by atoms with Crippen LogP contribution in [-0.4, -0.2) is 34.5 Å². The first-order chi connectivity index (χ1) is 15.8. The van der Waals surface area contributed by atoms with Gasteiger partial charge in [0.25, 0.3) is 5.91 Å². The van der Waals surface area contributed by atoms with Gasteiger partial charge in [0.05, 0.1) is 17.2 Å². The molecule has 0 bridgehead atoms. The van der Waals surface area contributed by atoms with Crippen molar-refractivity contribution in [3.05, 3.63) is 92.2 Å². The number of carbonyl (C=O) groups excluding carboxylic acids is 2. The van der Waals surface area contributed by atoms with Crippen molar-refractivity contribution in [3.8, 4) is 11.5 Å². The number of para-hydroxylation sites is 2. The van der Waals surface area contributed by atoms with Crippen LogP contribution in [0.4, 0.5) is 11.6 Å². The number of rotatable bonds is 9. The van der Waals surface area contributed by atoms with E-state index in [1.54, 1.807) is 0 Å². The third kappa shape index (κ3) is 6.21. The second-order valence-electron chi connectivity index (χ2n) is 6.16. The number of nitro benzene ring substituents is 1. The lowest BCUT2D eigenvalue weighted by molar-refractivity contribution is -0.402. The number of amides is 1. The maximum absolute atomic E-state index is 11.9. The van der Waals surface area contributed by atoms with E-state index in [-0.39, 0.29) is 22.9 Å². The average molecular weight is 454 g/mol. The van der Waals surface area contributed by atoms with Crippen molar-refractivity contribution in [2.24, 2.45) is 5.10 Å². The lowest BCUT2D eigenvalue weighted by atomic mass is 10.2. The molecule has 13 nitrogen and oxygen atoms in total. The van der Waals surface area contributed by atoms with E-state index >= 15 is 0 Å². The van der Waals surface area contributed by atoms with Gasteiger partial charge in [-0.15, -0.1) is 0 Å². The zero-order valence-electron chi connectivity index (χ0n) is 16.6. The standard InChI is InChI=1S/C20H14N4O9/c25-18(12-31-16-4-2-1-3-15(16)23(27)28)22-21-11-13-5-7-14(8-6-13)32-20(26)17-9-10-19(33-17)24(29)30/h1-11H,12H2,(H,22,25). The number of hydrogen-bond acceptors (Lipinski definition) is 10. The summed E-state index contributed by atoms with van der Waals surface area (Å²) in [5.41, 5.74) is 2.49. The van der Waals surface area contributed by atoms with Gasteiger partial charge < -0.3 is 13.9 Å². The second kappa shape index (κ2) is 10.3. The van der Waals surface area contributed by atoms with Gasteiger partial charge in [0.2, 0.25) is 5.76 Å². The Balaban J connectivity index is 1.48. The number of nitrogens with zero attached hydrogens (tertiary/aromatic N) is 3. The van der Waals surface area contributed by atoms with Crippen LogP contribution in [0.5, 0.6) is 11.5 Å². The van der Waals surface area contributed by atoms with E-state index in [2.05, 4.69) is 10.5 Å². The predicted molar refractivity (Wildman–Crippen MR) is 111 cm³/mol. The fourth-order valence-electron chi connectivity index (χ4n) is 2.40. The largest absolute Gasteiger partial charge is 0.477 e. The number of carbonyl (C=O) groups is 2. The first-order valence-corrected chi connectivity index (χ1v) is 9.08. The smallest absolute Gasteiger partial charge is 0.433 e. The molecule has 0 radical (unpaired) electrons. The molecule has 0 spiro atoms. The first-order valence-electron chi connectivity index (χ1n) is 9.08. The van der Waals surface area contributed by atoms with Crippen molar-refractivity contribution >= 4 is 29.7 Å². The highest BCUT2D eigenvalue weighted by atomic mass is 16.7. The predicted octanol–water partition coefficient (Wildman–Crippen LogP) is 2.84. The Morgan fingerprint density at radius 2 is 1.73 bits per heavy atom. The van der Waals surface area contributed by atoms with Crippen LogP contribution in [0.25, 0.3) is 0 Å². The maximum Gasteiger partial charge on any atom is 0.433 e. The minimum Gasteiger partial charge on any atom is -0.477 e. The van der Waals surface area contributed by atoms with Gasteiger partial charge in [-0.1, -0.05) is 12.1 Å². The molecule has 3 rings (SSSR count). The van der Waals surface area contributed by atoms with Gasteiger partial charge in [-0.05, 0) is 42.0 Å². The first kappa shape index (κ1) is 22.6. The van der Waals surface area contributed by atoms with Crippen LogP contribution in [0.1, 0.15) is 16.1 Å². The normalized spacial score (nSPS) is 10.5. The lowest BCUT2D eigenvalue weighted by Crippen LogP contribution is -2.24. The summed E-state index contributed by atoms with van der Waals surface area (Å²) in [6, 6.07) is 13.8. The monoisotopic (exact) mass is 454 g/mol. The average Bonchev–Trinajstić information content (AvgIpc) is 3.30. The van der Waals surface area contributed by atoms with E-state index < -0.39 is 34.2 Å². The molecular formula is C20H14N4O9. The molecular weight excluding hydrogens is 440 g/mol. The fourth-order valence-corrected chi connectivity index (χ4v) is 2.40. The summed E-state index contributed by atoms with van der Waals surface area (Å²) in [6.07, 6.45) is 1.31.